The third kappa shape index (κ3) is 3.09. The maximum Gasteiger partial charge on any atom is 0.119 e. The SMILES string of the molecule is COc1cccc(C(CN)N2CCC3(CCCC3)CC2)c1. The van der Waals surface area contributed by atoms with Crippen LogP contribution in [0.1, 0.15) is 50.1 Å². The van der Waals surface area contributed by atoms with Crippen LogP contribution in [0.3, 0.4) is 0 Å². The van der Waals surface area contributed by atoms with E-state index in [2.05, 4.69) is 23.1 Å². The number of piperidine rings is 1. The summed E-state index contributed by atoms with van der Waals surface area (Å²) in [6.07, 6.45) is 8.49. The van der Waals surface area contributed by atoms with Gasteiger partial charge in [-0.3, -0.25) is 4.90 Å². The molecular weight excluding hydrogens is 260 g/mol. The summed E-state index contributed by atoms with van der Waals surface area (Å²) < 4.78 is 5.35. The summed E-state index contributed by atoms with van der Waals surface area (Å²) in [6.45, 7) is 3.07. The summed E-state index contributed by atoms with van der Waals surface area (Å²) >= 11 is 0. The average Bonchev–Trinajstić information content (AvgIpc) is 2.99. The highest BCUT2D eigenvalue weighted by atomic mass is 16.5. The molecule has 21 heavy (non-hydrogen) atoms. The van der Waals surface area contributed by atoms with Gasteiger partial charge < -0.3 is 10.5 Å². The topological polar surface area (TPSA) is 38.5 Å². The summed E-state index contributed by atoms with van der Waals surface area (Å²) in [5.41, 5.74) is 8.05. The molecule has 0 aromatic heterocycles. The first-order chi connectivity index (χ1) is 10.3. The number of benzene rings is 1. The molecule has 0 radical (unpaired) electrons. The lowest BCUT2D eigenvalue weighted by atomic mass is 9.76. The molecule has 2 aliphatic rings. The normalized spacial score (nSPS) is 23.3. The van der Waals surface area contributed by atoms with E-state index >= 15 is 0 Å². The van der Waals surface area contributed by atoms with Crippen molar-refractivity contribution in [1.82, 2.24) is 4.90 Å². The maximum atomic E-state index is 6.09. The number of likely N-dealkylation sites (tertiary alicyclic amines) is 1. The van der Waals surface area contributed by atoms with E-state index in [0.29, 0.717) is 18.0 Å². The maximum absolute atomic E-state index is 6.09. The Morgan fingerprint density at radius 1 is 1.19 bits per heavy atom. The van der Waals surface area contributed by atoms with Crippen molar-refractivity contribution < 1.29 is 4.74 Å². The van der Waals surface area contributed by atoms with Gasteiger partial charge in [0.2, 0.25) is 0 Å². The summed E-state index contributed by atoms with van der Waals surface area (Å²) in [7, 11) is 1.72. The van der Waals surface area contributed by atoms with Gasteiger partial charge in [0.05, 0.1) is 7.11 Å². The van der Waals surface area contributed by atoms with E-state index < -0.39 is 0 Å². The molecule has 1 aromatic carbocycles. The van der Waals surface area contributed by atoms with E-state index in [-0.39, 0.29) is 0 Å². The third-order valence-electron chi connectivity index (χ3n) is 5.67. The van der Waals surface area contributed by atoms with Crippen LogP contribution in [-0.2, 0) is 0 Å². The van der Waals surface area contributed by atoms with Crippen LogP contribution in [0.4, 0.5) is 0 Å². The molecule has 1 saturated carbocycles. The highest BCUT2D eigenvalue weighted by Gasteiger charge is 2.38. The van der Waals surface area contributed by atoms with Crippen LogP contribution in [0.2, 0.25) is 0 Å². The van der Waals surface area contributed by atoms with Crippen LogP contribution < -0.4 is 10.5 Å². The Hall–Kier alpha value is -1.06. The minimum absolute atomic E-state index is 0.332. The summed E-state index contributed by atoms with van der Waals surface area (Å²) in [6, 6.07) is 8.72. The van der Waals surface area contributed by atoms with Crippen LogP contribution in [0.5, 0.6) is 5.75 Å². The van der Waals surface area contributed by atoms with Crippen molar-refractivity contribution in [2.45, 2.75) is 44.6 Å². The third-order valence-corrected chi connectivity index (χ3v) is 5.67. The highest BCUT2D eigenvalue weighted by Crippen LogP contribution is 2.47. The van der Waals surface area contributed by atoms with Gasteiger partial charge in [-0.15, -0.1) is 0 Å². The number of rotatable bonds is 4. The molecule has 116 valence electrons. The fraction of sp³-hybridized carbons (Fsp3) is 0.667. The van der Waals surface area contributed by atoms with Gasteiger partial charge in [-0.25, -0.2) is 0 Å². The Kier molecular flexibility index (Phi) is 4.51. The molecule has 1 aliphatic carbocycles. The van der Waals surface area contributed by atoms with Crippen molar-refractivity contribution in [1.29, 1.82) is 0 Å². The van der Waals surface area contributed by atoms with E-state index in [0.717, 1.165) is 5.75 Å². The van der Waals surface area contributed by atoms with Crippen LogP contribution in [-0.4, -0.2) is 31.6 Å². The fourth-order valence-electron chi connectivity index (χ4n) is 4.28. The van der Waals surface area contributed by atoms with Crippen molar-refractivity contribution in [2.24, 2.45) is 11.1 Å². The second-order valence-corrected chi connectivity index (χ2v) is 6.77. The molecule has 1 unspecified atom stereocenters. The number of nitrogens with zero attached hydrogens (tertiary/aromatic N) is 1. The Morgan fingerprint density at radius 2 is 1.90 bits per heavy atom. The fourth-order valence-corrected chi connectivity index (χ4v) is 4.28. The zero-order valence-electron chi connectivity index (χ0n) is 13.2. The van der Waals surface area contributed by atoms with Gasteiger partial charge >= 0.3 is 0 Å². The average molecular weight is 288 g/mol. The quantitative estimate of drug-likeness (QED) is 0.923. The van der Waals surface area contributed by atoms with Gasteiger partial charge in [0, 0.05) is 12.6 Å². The number of ether oxygens (including phenoxy) is 1. The van der Waals surface area contributed by atoms with Gasteiger partial charge in [0.15, 0.2) is 0 Å². The second kappa shape index (κ2) is 6.37. The van der Waals surface area contributed by atoms with Crippen molar-refractivity contribution in [3.63, 3.8) is 0 Å². The minimum atomic E-state index is 0.332. The summed E-state index contributed by atoms with van der Waals surface area (Å²) in [4.78, 5) is 2.58. The minimum Gasteiger partial charge on any atom is -0.497 e. The van der Waals surface area contributed by atoms with E-state index in [1.807, 2.05) is 6.07 Å². The largest absolute Gasteiger partial charge is 0.497 e. The Balaban J connectivity index is 1.69. The highest BCUT2D eigenvalue weighted by molar-refractivity contribution is 5.31. The monoisotopic (exact) mass is 288 g/mol. The number of methoxy groups -OCH3 is 1. The van der Waals surface area contributed by atoms with Crippen LogP contribution in [0.25, 0.3) is 0 Å². The molecule has 2 fully saturated rings. The predicted molar refractivity (Wildman–Crippen MR) is 86.5 cm³/mol. The molecule has 1 aliphatic heterocycles. The van der Waals surface area contributed by atoms with E-state index in [9.17, 15) is 0 Å². The number of hydrogen-bond acceptors (Lipinski definition) is 3. The number of nitrogens with two attached hydrogens (primary N) is 1. The summed E-state index contributed by atoms with van der Waals surface area (Å²) in [5.74, 6) is 0.926. The molecular formula is C18H28N2O. The van der Waals surface area contributed by atoms with E-state index in [4.69, 9.17) is 10.5 Å². The first-order valence-corrected chi connectivity index (χ1v) is 8.34. The first kappa shape index (κ1) is 14.9. The molecule has 1 aromatic rings. The van der Waals surface area contributed by atoms with E-state index in [1.165, 1.54) is 57.2 Å². The lowest BCUT2D eigenvalue weighted by Crippen LogP contribution is -2.43. The van der Waals surface area contributed by atoms with Gasteiger partial charge in [-0.1, -0.05) is 25.0 Å². The molecule has 1 spiro atoms. The number of hydrogen-bond donors (Lipinski definition) is 1. The van der Waals surface area contributed by atoms with Crippen molar-refractivity contribution >= 4 is 0 Å². The van der Waals surface area contributed by atoms with Gasteiger partial charge in [-0.2, -0.15) is 0 Å². The molecule has 0 bridgehead atoms. The Morgan fingerprint density at radius 3 is 2.52 bits per heavy atom. The molecule has 3 heteroatoms. The lowest BCUT2D eigenvalue weighted by molar-refractivity contribution is 0.0779. The van der Waals surface area contributed by atoms with E-state index in [1.54, 1.807) is 7.11 Å². The molecule has 3 nitrogen and oxygen atoms in total. The molecule has 3 rings (SSSR count). The zero-order chi connectivity index (χ0) is 14.7. The van der Waals surface area contributed by atoms with Crippen LogP contribution >= 0.6 is 0 Å². The van der Waals surface area contributed by atoms with Crippen molar-refractivity contribution in [3.8, 4) is 5.75 Å². The van der Waals surface area contributed by atoms with Crippen molar-refractivity contribution in [3.05, 3.63) is 29.8 Å². The lowest BCUT2D eigenvalue weighted by Gasteiger charge is -2.42. The standard InChI is InChI=1S/C18H28N2O/c1-21-16-6-4-5-15(13-16)17(14-19)20-11-9-18(10-12-20)7-2-3-8-18/h4-6,13,17H,2-3,7-12,14,19H2,1H3. The van der Waals surface area contributed by atoms with Gasteiger partial charge in [0.25, 0.3) is 0 Å². The van der Waals surface area contributed by atoms with Gasteiger partial charge in [-0.05, 0) is 61.9 Å². The van der Waals surface area contributed by atoms with Crippen LogP contribution in [0, 0.1) is 5.41 Å². The van der Waals surface area contributed by atoms with Crippen molar-refractivity contribution in [2.75, 3.05) is 26.7 Å². The second-order valence-electron chi connectivity index (χ2n) is 6.77. The molecule has 1 saturated heterocycles. The van der Waals surface area contributed by atoms with Gasteiger partial charge in [0.1, 0.15) is 5.75 Å². The first-order valence-electron chi connectivity index (χ1n) is 8.34. The smallest absolute Gasteiger partial charge is 0.119 e. The zero-order valence-corrected chi connectivity index (χ0v) is 13.2. The Bertz CT molecular complexity index is 458. The predicted octanol–water partition coefficient (Wildman–Crippen LogP) is 3.35. The molecule has 0 amide bonds. The molecule has 1 heterocycles. The van der Waals surface area contributed by atoms with Crippen LogP contribution in [0.15, 0.2) is 24.3 Å². The molecule has 1 atom stereocenters. The Labute approximate surface area is 128 Å². The summed E-state index contributed by atoms with van der Waals surface area (Å²) in [5, 5.41) is 0. The molecule has 2 N–H and O–H groups in total.